The van der Waals surface area contributed by atoms with Gasteiger partial charge < -0.3 is 4.74 Å². The third kappa shape index (κ3) is 4.01. The Bertz CT molecular complexity index is 573. The zero-order chi connectivity index (χ0) is 14.4. The number of carbonyl (C=O) groups excluding carboxylic acids is 1. The maximum atomic E-state index is 11.5. The summed E-state index contributed by atoms with van der Waals surface area (Å²) < 4.78 is 5.02. The fourth-order valence-corrected chi connectivity index (χ4v) is 1.86. The van der Waals surface area contributed by atoms with Crippen LogP contribution in [-0.2, 0) is 11.3 Å². The van der Waals surface area contributed by atoms with Crippen LogP contribution in [0, 0.1) is 0 Å². The lowest BCUT2D eigenvalue weighted by Gasteiger charge is -2.11. The van der Waals surface area contributed by atoms with Crippen LogP contribution in [0.2, 0.25) is 10.0 Å². The molecule has 0 spiro atoms. The highest BCUT2D eigenvalue weighted by molar-refractivity contribution is 6.38. The summed E-state index contributed by atoms with van der Waals surface area (Å²) in [5.41, 5.74) is 6.18. The van der Waals surface area contributed by atoms with E-state index in [1.165, 1.54) is 12.4 Å². The normalized spacial score (nSPS) is 9.90. The minimum Gasteiger partial charge on any atom is -0.443 e. The molecule has 2 aromatic rings. The lowest BCUT2D eigenvalue weighted by Crippen LogP contribution is -2.30. The number of hydrogen-bond acceptors (Lipinski definition) is 4. The van der Waals surface area contributed by atoms with Crippen LogP contribution in [0.15, 0.2) is 42.7 Å². The van der Waals surface area contributed by atoms with Crippen molar-refractivity contribution in [3.05, 3.63) is 58.3 Å². The van der Waals surface area contributed by atoms with Crippen molar-refractivity contribution in [1.29, 1.82) is 0 Å². The van der Waals surface area contributed by atoms with Crippen LogP contribution in [0.5, 0.6) is 0 Å². The van der Waals surface area contributed by atoms with Gasteiger partial charge in [0.15, 0.2) is 0 Å². The number of hydrogen-bond donors (Lipinski definition) is 2. The van der Waals surface area contributed by atoms with Crippen LogP contribution in [0.4, 0.5) is 10.5 Å². The van der Waals surface area contributed by atoms with E-state index in [1.54, 1.807) is 0 Å². The Morgan fingerprint density at radius 2 is 1.80 bits per heavy atom. The number of halogens is 2. The average Bonchev–Trinajstić information content (AvgIpc) is 2.46. The number of nitrogens with one attached hydrogen (secondary N) is 2. The molecule has 0 saturated carbocycles. The van der Waals surface area contributed by atoms with Crippen molar-refractivity contribution in [3.8, 4) is 0 Å². The van der Waals surface area contributed by atoms with Crippen LogP contribution in [0.25, 0.3) is 0 Å². The maximum absolute atomic E-state index is 11.5. The molecule has 0 bridgehead atoms. The smallest absolute Gasteiger partial charge is 0.426 e. The van der Waals surface area contributed by atoms with Gasteiger partial charge in [-0.15, -0.1) is 0 Å². The standard InChI is InChI=1S/C13H11Cl2N3O2/c14-10-6-16-7-11(15)12(10)17-18-13(19)20-8-9-4-2-1-3-5-9/h1-7H,8H2,(H,16,17)(H,18,19). The van der Waals surface area contributed by atoms with E-state index in [9.17, 15) is 4.79 Å². The predicted octanol–water partition coefficient (Wildman–Crippen LogP) is 3.64. The summed E-state index contributed by atoms with van der Waals surface area (Å²) in [5.74, 6) is 0. The predicted molar refractivity (Wildman–Crippen MR) is 77.6 cm³/mol. The summed E-state index contributed by atoms with van der Waals surface area (Å²) in [7, 11) is 0. The molecule has 1 amide bonds. The highest BCUT2D eigenvalue weighted by atomic mass is 35.5. The molecule has 20 heavy (non-hydrogen) atoms. The second-order valence-electron chi connectivity index (χ2n) is 3.79. The van der Waals surface area contributed by atoms with Gasteiger partial charge in [0.25, 0.3) is 0 Å². The van der Waals surface area contributed by atoms with E-state index in [4.69, 9.17) is 27.9 Å². The molecule has 0 aliphatic rings. The summed E-state index contributed by atoms with van der Waals surface area (Å²) in [6.45, 7) is 0.173. The van der Waals surface area contributed by atoms with E-state index >= 15 is 0 Å². The molecule has 0 atom stereocenters. The fraction of sp³-hybridized carbons (Fsp3) is 0.0769. The summed E-state index contributed by atoms with van der Waals surface area (Å²) in [6, 6.07) is 9.34. The lowest BCUT2D eigenvalue weighted by atomic mass is 10.2. The minimum absolute atomic E-state index is 0.173. The Labute approximate surface area is 125 Å². The number of anilines is 1. The first kappa shape index (κ1) is 14.4. The summed E-state index contributed by atoms with van der Waals surface area (Å²) in [4.78, 5) is 15.3. The number of rotatable bonds is 4. The molecule has 7 heteroatoms. The molecule has 2 rings (SSSR count). The third-order valence-electron chi connectivity index (χ3n) is 2.36. The van der Waals surface area contributed by atoms with Gasteiger partial charge in [-0.1, -0.05) is 53.5 Å². The second kappa shape index (κ2) is 6.98. The number of amides is 1. The average molecular weight is 312 g/mol. The monoisotopic (exact) mass is 311 g/mol. The Balaban J connectivity index is 1.84. The molecule has 2 N–H and O–H groups in total. The molecule has 5 nitrogen and oxygen atoms in total. The van der Waals surface area contributed by atoms with Crippen molar-refractivity contribution in [2.45, 2.75) is 6.61 Å². The van der Waals surface area contributed by atoms with Gasteiger partial charge in [0, 0.05) is 12.4 Å². The summed E-state index contributed by atoms with van der Waals surface area (Å²) in [5, 5.41) is 0.585. The van der Waals surface area contributed by atoms with Gasteiger partial charge in [-0.25, -0.2) is 10.2 Å². The number of hydrazine groups is 1. The number of carbonyl (C=O) groups is 1. The first-order chi connectivity index (χ1) is 9.66. The molecular weight excluding hydrogens is 301 g/mol. The molecular formula is C13H11Cl2N3O2. The number of nitrogens with zero attached hydrogens (tertiary/aromatic N) is 1. The molecule has 1 aromatic heterocycles. The Morgan fingerprint density at radius 1 is 1.15 bits per heavy atom. The van der Waals surface area contributed by atoms with E-state index < -0.39 is 6.09 Å². The summed E-state index contributed by atoms with van der Waals surface area (Å²) in [6.07, 6.45) is 2.18. The van der Waals surface area contributed by atoms with Crippen molar-refractivity contribution < 1.29 is 9.53 Å². The Morgan fingerprint density at radius 3 is 2.45 bits per heavy atom. The van der Waals surface area contributed by atoms with Gasteiger partial charge >= 0.3 is 6.09 Å². The molecule has 0 saturated heterocycles. The molecule has 1 aromatic carbocycles. The van der Waals surface area contributed by atoms with Gasteiger partial charge in [0.2, 0.25) is 0 Å². The topological polar surface area (TPSA) is 63.2 Å². The number of ether oxygens (including phenoxy) is 1. The second-order valence-corrected chi connectivity index (χ2v) is 4.60. The highest BCUT2D eigenvalue weighted by Crippen LogP contribution is 2.27. The van der Waals surface area contributed by atoms with Gasteiger partial charge in [0.1, 0.15) is 6.61 Å². The Hall–Kier alpha value is -1.98. The lowest BCUT2D eigenvalue weighted by molar-refractivity contribution is 0.142. The molecule has 1 heterocycles. The van der Waals surface area contributed by atoms with Crippen LogP contribution in [0.3, 0.4) is 0 Å². The quantitative estimate of drug-likeness (QED) is 0.846. The molecule has 0 aliphatic heterocycles. The van der Waals surface area contributed by atoms with Gasteiger partial charge in [0.05, 0.1) is 15.7 Å². The SMILES string of the molecule is O=C(NNc1c(Cl)cncc1Cl)OCc1ccccc1. The molecule has 0 radical (unpaired) electrons. The largest absolute Gasteiger partial charge is 0.443 e. The van der Waals surface area contributed by atoms with Crippen molar-refractivity contribution in [2.24, 2.45) is 0 Å². The minimum atomic E-state index is -0.641. The van der Waals surface area contributed by atoms with E-state index in [0.717, 1.165) is 5.56 Å². The van der Waals surface area contributed by atoms with Crippen molar-refractivity contribution in [1.82, 2.24) is 10.4 Å². The number of benzene rings is 1. The molecule has 0 fully saturated rings. The van der Waals surface area contributed by atoms with Crippen molar-refractivity contribution in [2.75, 3.05) is 5.43 Å². The first-order valence-corrected chi connectivity index (χ1v) is 6.44. The fourth-order valence-electron chi connectivity index (χ4n) is 1.40. The highest BCUT2D eigenvalue weighted by Gasteiger charge is 2.08. The Kier molecular flexibility index (Phi) is 5.03. The third-order valence-corrected chi connectivity index (χ3v) is 2.93. The number of pyridine rings is 1. The van der Waals surface area contributed by atoms with E-state index in [-0.39, 0.29) is 6.61 Å². The maximum Gasteiger partial charge on any atom is 0.426 e. The van der Waals surface area contributed by atoms with Crippen LogP contribution in [0.1, 0.15) is 5.56 Å². The first-order valence-electron chi connectivity index (χ1n) is 5.68. The molecule has 0 aliphatic carbocycles. The van der Waals surface area contributed by atoms with E-state index in [0.29, 0.717) is 15.7 Å². The molecule has 0 unspecified atom stereocenters. The number of aromatic nitrogens is 1. The van der Waals surface area contributed by atoms with Crippen LogP contribution >= 0.6 is 23.2 Å². The van der Waals surface area contributed by atoms with Crippen molar-refractivity contribution >= 4 is 35.0 Å². The summed E-state index contributed by atoms with van der Waals surface area (Å²) >= 11 is 11.8. The van der Waals surface area contributed by atoms with Gasteiger partial charge in [-0.2, -0.15) is 0 Å². The van der Waals surface area contributed by atoms with Crippen LogP contribution < -0.4 is 10.9 Å². The van der Waals surface area contributed by atoms with E-state index in [2.05, 4.69) is 15.8 Å². The van der Waals surface area contributed by atoms with Crippen molar-refractivity contribution in [3.63, 3.8) is 0 Å². The van der Waals surface area contributed by atoms with Crippen LogP contribution in [-0.4, -0.2) is 11.1 Å². The van der Waals surface area contributed by atoms with Gasteiger partial charge in [-0.3, -0.25) is 10.4 Å². The zero-order valence-electron chi connectivity index (χ0n) is 10.3. The van der Waals surface area contributed by atoms with E-state index in [1.807, 2.05) is 30.3 Å². The molecule has 104 valence electrons. The van der Waals surface area contributed by atoms with Gasteiger partial charge in [-0.05, 0) is 5.56 Å². The zero-order valence-corrected chi connectivity index (χ0v) is 11.8.